The summed E-state index contributed by atoms with van der Waals surface area (Å²) in [5, 5.41) is 7.40. The minimum absolute atomic E-state index is 0.686. The predicted octanol–water partition coefficient (Wildman–Crippen LogP) is 2.30. The van der Waals surface area contributed by atoms with Crippen LogP contribution in [-0.2, 0) is 0 Å². The zero-order valence-corrected chi connectivity index (χ0v) is 10.3. The lowest BCUT2D eigenvalue weighted by molar-refractivity contribution is 0.351. The molecule has 0 aromatic carbocycles. The van der Waals surface area contributed by atoms with Crippen LogP contribution in [0.2, 0.25) is 0 Å². The summed E-state index contributed by atoms with van der Waals surface area (Å²) in [6.07, 6.45) is 8.30. The van der Waals surface area contributed by atoms with E-state index in [-0.39, 0.29) is 0 Å². The van der Waals surface area contributed by atoms with Gasteiger partial charge in [-0.05, 0) is 51.5 Å². The summed E-state index contributed by atoms with van der Waals surface area (Å²) in [5.41, 5.74) is 0. The third-order valence-corrected chi connectivity index (χ3v) is 4.16. The topological polar surface area (TPSA) is 24.1 Å². The highest BCUT2D eigenvalue weighted by atomic mass is 15.0. The van der Waals surface area contributed by atoms with Crippen molar-refractivity contribution in [2.75, 3.05) is 6.54 Å². The largest absolute Gasteiger partial charge is 0.314 e. The molecule has 1 aliphatic heterocycles. The average Bonchev–Trinajstić information content (AvgIpc) is 2.79. The molecule has 4 atom stereocenters. The summed E-state index contributed by atoms with van der Waals surface area (Å²) in [7, 11) is 0. The molecule has 88 valence electrons. The van der Waals surface area contributed by atoms with E-state index in [1.54, 1.807) is 0 Å². The standard InChI is InChI=1S/C13H26N2/c1-10-5-3-7-13(10)15-11(2)9-12-6-4-8-14-12/h10-15H,3-9H2,1-2H3. The van der Waals surface area contributed by atoms with Gasteiger partial charge in [-0.25, -0.2) is 0 Å². The molecule has 1 saturated heterocycles. The monoisotopic (exact) mass is 210 g/mol. The second-order valence-electron chi connectivity index (χ2n) is 5.61. The first kappa shape index (κ1) is 11.4. The summed E-state index contributed by atoms with van der Waals surface area (Å²) in [6.45, 7) is 5.98. The lowest BCUT2D eigenvalue weighted by Crippen LogP contribution is -2.41. The summed E-state index contributed by atoms with van der Waals surface area (Å²) in [6, 6.07) is 2.26. The molecule has 2 aliphatic rings. The van der Waals surface area contributed by atoms with Crippen molar-refractivity contribution in [3.63, 3.8) is 0 Å². The van der Waals surface area contributed by atoms with Crippen LogP contribution in [0.4, 0.5) is 0 Å². The van der Waals surface area contributed by atoms with Crippen molar-refractivity contribution in [1.29, 1.82) is 0 Å². The fourth-order valence-corrected chi connectivity index (χ4v) is 3.21. The van der Waals surface area contributed by atoms with Crippen molar-refractivity contribution in [3.8, 4) is 0 Å². The molecule has 2 nitrogen and oxygen atoms in total. The van der Waals surface area contributed by atoms with Crippen LogP contribution in [0, 0.1) is 5.92 Å². The first-order valence-corrected chi connectivity index (χ1v) is 6.75. The lowest BCUT2D eigenvalue weighted by atomic mass is 10.0. The third kappa shape index (κ3) is 3.18. The molecule has 1 aliphatic carbocycles. The van der Waals surface area contributed by atoms with Crippen molar-refractivity contribution in [2.24, 2.45) is 5.92 Å². The molecule has 0 aromatic heterocycles. The van der Waals surface area contributed by atoms with E-state index in [1.807, 2.05) is 0 Å². The quantitative estimate of drug-likeness (QED) is 0.744. The summed E-state index contributed by atoms with van der Waals surface area (Å²) in [5.74, 6) is 0.893. The zero-order valence-electron chi connectivity index (χ0n) is 10.3. The molecule has 1 heterocycles. The first-order valence-electron chi connectivity index (χ1n) is 6.75. The third-order valence-electron chi connectivity index (χ3n) is 4.16. The van der Waals surface area contributed by atoms with Gasteiger partial charge in [-0.3, -0.25) is 0 Å². The lowest BCUT2D eigenvalue weighted by Gasteiger charge is -2.24. The molecule has 0 spiro atoms. The first-order chi connectivity index (χ1) is 7.25. The predicted molar refractivity (Wildman–Crippen MR) is 65.0 cm³/mol. The van der Waals surface area contributed by atoms with E-state index >= 15 is 0 Å². The molecule has 1 saturated carbocycles. The Hall–Kier alpha value is -0.0800. The molecule has 2 N–H and O–H groups in total. The highest BCUT2D eigenvalue weighted by molar-refractivity contribution is 4.85. The Balaban J connectivity index is 1.69. The van der Waals surface area contributed by atoms with Crippen LogP contribution in [0.1, 0.15) is 52.4 Å². The van der Waals surface area contributed by atoms with Crippen LogP contribution in [0.3, 0.4) is 0 Å². The van der Waals surface area contributed by atoms with Gasteiger partial charge in [0.1, 0.15) is 0 Å². The maximum atomic E-state index is 3.82. The molecule has 2 rings (SSSR count). The van der Waals surface area contributed by atoms with E-state index in [0.29, 0.717) is 6.04 Å². The summed E-state index contributed by atoms with van der Waals surface area (Å²) >= 11 is 0. The van der Waals surface area contributed by atoms with Gasteiger partial charge >= 0.3 is 0 Å². The number of hydrogen-bond donors (Lipinski definition) is 2. The van der Waals surface area contributed by atoms with E-state index in [4.69, 9.17) is 0 Å². The molecular weight excluding hydrogens is 184 g/mol. The van der Waals surface area contributed by atoms with Crippen molar-refractivity contribution in [2.45, 2.75) is 70.5 Å². The normalized spacial score (nSPS) is 38.4. The minimum atomic E-state index is 0.686. The average molecular weight is 210 g/mol. The second-order valence-corrected chi connectivity index (χ2v) is 5.61. The van der Waals surface area contributed by atoms with Crippen LogP contribution in [0.15, 0.2) is 0 Å². The van der Waals surface area contributed by atoms with Crippen molar-refractivity contribution < 1.29 is 0 Å². The smallest absolute Gasteiger partial charge is 0.00951 e. The molecule has 2 heteroatoms. The Morgan fingerprint density at radius 1 is 1.27 bits per heavy atom. The SMILES string of the molecule is CC(CC1CCCN1)NC1CCCC1C. The molecular formula is C13H26N2. The second kappa shape index (κ2) is 5.31. The van der Waals surface area contributed by atoms with E-state index in [0.717, 1.165) is 18.0 Å². The van der Waals surface area contributed by atoms with Crippen LogP contribution in [0.5, 0.6) is 0 Å². The number of rotatable bonds is 4. The van der Waals surface area contributed by atoms with E-state index < -0.39 is 0 Å². The van der Waals surface area contributed by atoms with Gasteiger partial charge in [0.25, 0.3) is 0 Å². The Labute approximate surface area is 94.2 Å². The molecule has 2 fully saturated rings. The maximum absolute atomic E-state index is 3.82. The van der Waals surface area contributed by atoms with E-state index in [1.165, 1.54) is 45.1 Å². The minimum Gasteiger partial charge on any atom is -0.314 e. The van der Waals surface area contributed by atoms with Gasteiger partial charge in [-0.2, -0.15) is 0 Å². The fourth-order valence-electron chi connectivity index (χ4n) is 3.21. The van der Waals surface area contributed by atoms with Crippen molar-refractivity contribution in [3.05, 3.63) is 0 Å². The van der Waals surface area contributed by atoms with Gasteiger partial charge in [-0.1, -0.05) is 13.3 Å². The maximum Gasteiger partial charge on any atom is 0.00951 e. The van der Waals surface area contributed by atoms with Crippen LogP contribution < -0.4 is 10.6 Å². The van der Waals surface area contributed by atoms with Gasteiger partial charge in [0.2, 0.25) is 0 Å². The molecule has 0 aromatic rings. The molecule has 0 bridgehead atoms. The molecule has 15 heavy (non-hydrogen) atoms. The highest BCUT2D eigenvalue weighted by Gasteiger charge is 2.25. The fraction of sp³-hybridized carbons (Fsp3) is 1.00. The summed E-state index contributed by atoms with van der Waals surface area (Å²) < 4.78 is 0. The van der Waals surface area contributed by atoms with Crippen LogP contribution in [0.25, 0.3) is 0 Å². The van der Waals surface area contributed by atoms with Crippen LogP contribution >= 0.6 is 0 Å². The Morgan fingerprint density at radius 2 is 2.13 bits per heavy atom. The molecule has 0 amide bonds. The van der Waals surface area contributed by atoms with Crippen molar-refractivity contribution in [1.82, 2.24) is 10.6 Å². The number of nitrogens with one attached hydrogen (secondary N) is 2. The van der Waals surface area contributed by atoms with Crippen LogP contribution in [-0.4, -0.2) is 24.7 Å². The molecule has 4 unspecified atom stereocenters. The number of hydrogen-bond acceptors (Lipinski definition) is 2. The Kier molecular flexibility index (Phi) is 4.04. The Morgan fingerprint density at radius 3 is 2.73 bits per heavy atom. The van der Waals surface area contributed by atoms with Gasteiger partial charge in [0, 0.05) is 18.1 Å². The van der Waals surface area contributed by atoms with Gasteiger partial charge < -0.3 is 10.6 Å². The highest BCUT2D eigenvalue weighted by Crippen LogP contribution is 2.25. The van der Waals surface area contributed by atoms with Crippen molar-refractivity contribution >= 4 is 0 Å². The van der Waals surface area contributed by atoms with Gasteiger partial charge in [0.15, 0.2) is 0 Å². The van der Waals surface area contributed by atoms with E-state index in [9.17, 15) is 0 Å². The van der Waals surface area contributed by atoms with Gasteiger partial charge in [0.05, 0.1) is 0 Å². The molecule has 0 radical (unpaired) electrons. The van der Waals surface area contributed by atoms with Gasteiger partial charge in [-0.15, -0.1) is 0 Å². The summed E-state index contributed by atoms with van der Waals surface area (Å²) in [4.78, 5) is 0. The van der Waals surface area contributed by atoms with E-state index in [2.05, 4.69) is 24.5 Å². The zero-order chi connectivity index (χ0) is 10.7. The Bertz CT molecular complexity index is 187.